The van der Waals surface area contributed by atoms with E-state index < -0.39 is 0 Å². The predicted molar refractivity (Wildman–Crippen MR) is 79.5 cm³/mol. The van der Waals surface area contributed by atoms with E-state index in [2.05, 4.69) is 24.3 Å². The van der Waals surface area contributed by atoms with Crippen LogP contribution < -0.4 is 0 Å². The quantitative estimate of drug-likeness (QED) is 0.577. The molecule has 0 amide bonds. The van der Waals surface area contributed by atoms with E-state index in [1.54, 1.807) is 4.57 Å². The van der Waals surface area contributed by atoms with Gasteiger partial charge in [0.05, 0.1) is 5.52 Å². The highest BCUT2D eigenvalue weighted by Gasteiger charge is 2.24. The zero-order chi connectivity index (χ0) is 13.6. The Bertz CT molecular complexity index is 775. The topological polar surface area (TPSA) is 22.0 Å². The molecule has 0 aliphatic rings. The van der Waals surface area contributed by atoms with Crippen LogP contribution in [0.3, 0.4) is 0 Å². The number of aromatic nitrogens is 1. The number of rotatable bonds is 0. The van der Waals surface area contributed by atoms with Crippen LogP contribution in [0.25, 0.3) is 21.7 Å². The molecule has 1 aromatic heterocycles. The number of carbonyl (C=O) groups is 1. The van der Waals surface area contributed by atoms with Crippen LogP contribution in [0.15, 0.2) is 48.7 Å². The predicted octanol–water partition coefficient (Wildman–Crippen LogP) is 4.48. The van der Waals surface area contributed by atoms with Crippen molar-refractivity contribution in [3.63, 3.8) is 0 Å². The zero-order valence-electron chi connectivity index (χ0n) is 11.5. The monoisotopic (exact) mass is 251 g/mol. The normalized spacial score (nSPS) is 12.2. The van der Waals surface area contributed by atoms with Gasteiger partial charge in [0.15, 0.2) is 0 Å². The summed E-state index contributed by atoms with van der Waals surface area (Å²) < 4.78 is 1.77. The van der Waals surface area contributed by atoms with Gasteiger partial charge in [-0.3, -0.25) is 9.36 Å². The average molecular weight is 251 g/mol. The van der Waals surface area contributed by atoms with Gasteiger partial charge in [-0.15, -0.1) is 0 Å². The highest BCUT2D eigenvalue weighted by Crippen LogP contribution is 2.26. The molecule has 2 nitrogen and oxygen atoms in total. The van der Waals surface area contributed by atoms with Crippen LogP contribution >= 0.6 is 0 Å². The molecule has 0 spiro atoms. The van der Waals surface area contributed by atoms with Crippen LogP contribution in [-0.2, 0) is 0 Å². The fraction of sp³-hybridized carbons (Fsp3) is 0.235. The summed E-state index contributed by atoms with van der Waals surface area (Å²) in [5.74, 6) is 0.123. The third-order valence-corrected chi connectivity index (χ3v) is 3.42. The van der Waals surface area contributed by atoms with E-state index in [0.717, 1.165) is 16.3 Å². The molecule has 2 aromatic carbocycles. The number of hydrogen-bond acceptors (Lipinski definition) is 1. The fourth-order valence-corrected chi connectivity index (χ4v) is 2.36. The lowest BCUT2D eigenvalue weighted by molar-refractivity contribution is 0.0773. The summed E-state index contributed by atoms with van der Waals surface area (Å²) in [6.45, 7) is 5.84. The summed E-state index contributed by atoms with van der Waals surface area (Å²) in [5, 5.41) is 3.48. The maximum atomic E-state index is 12.4. The van der Waals surface area contributed by atoms with E-state index in [-0.39, 0.29) is 11.3 Å². The van der Waals surface area contributed by atoms with Gasteiger partial charge in [0.1, 0.15) is 0 Å². The van der Waals surface area contributed by atoms with Crippen LogP contribution in [-0.4, -0.2) is 10.5 Å². The van der Waals surface area contributed by atoms with Crippen molar-refractivity contribution in [3.05, 3.63) is 48.7 Å². The first-order valence-electron chi connectivity index (χ1n) is 6.51. The van der Waals surface area contributed by atoms with Crippen molar-refractivity contribution in [2.75, 3.05) is 0 Å². The number of nitrogens with zero attached hydrogens (tertiary/aromatic N) is 1. The Hall–Kier alpha value is -2.09. The molecule has 0 fully saturated rings. The third kappa shape index (κ3) is 1.93. The van der Waals surface area contributed by atoms with Crippen molar-refractivity contribution in [2.24, 2.45) is 5.41 Å². The standard InChI is InChI=1S/C17H17NO/c1-17(2,3)16(19)18-9-8-14-10-12-6-4-5-7-13(12)11-15(14)18/h4-11H,1-3H3. The molecule has 0 bridgehead atoms. The first kappa shape index (κ1) is 12.0. The minimum absolute atomic E-state index is 0.123. The smallest absolute Gasteiger partial charge is 0.236 e. The fourth-order valence-electron chi connectivity index (χ4n) is 2.36. The molecule has 0 aliphatic heterocycles. The van der Waals surface area contributed by atoms with E-state index in [1.807, 2.05) is 45.2 Å². The van der Waals surface area contributed by atoms with Crippen molar-refractivity contribution in [1.29, 1.82) is 0 Å². The van der Waals surface area contributed by atoms with Gasteiger partial charge >= 0.3 is 0 Å². The van der Waals surface area contributed by atoms with Gasteiger partial charge in [-0.1, -0.05) is 45.0 Å². The maximum absolute atomic E-state index is 12.4. The third-order valence-electron chi connectivity index (χ3n) is 3.42. The van der Waals surface area contributed by atoms with E-state index in [9.17, 15) is 4.79 Å². The van der Waals surface area contributed by atoms with Crippen molar-refractivity contribution in [1.82, 2.24) is 4.57 Å². The molecule has 3 rings (SSSR count). The Labute approximate surface area is 112 Å². The Kier molecular flexibility index (Phi) is 2.49. The summed E-state index contributed by atoms with van der Waals surface area (Å²) in [4.78, 5) is 12.4. The Balaban J connectivity index is 2.28. The second-order valence-corrected chi connectivity index (χ2v) is 6.00. The molecule has 0 N–H and O–H groups in total. The molecule has 19 heavy (non-hydrogen) atoms. The minimum atomic E-state index is -0.377. The second kappa shape index (κ2) is 3.95. The van der Waals surface area contributed by atoms with Crippen LogP contribution in [0.1, 0.15) is 25.6 Å². The van der Waals surface area contributed by atoms with E-state index in [0.29, 0.717) is 0 Å². The average Bonchev–Trinajstić information content (AvgIpc) is 2.76. The molecule has 96 valence electrons. The largest absolute Gasteiger partial charge is 0.287 e. The van der Waals surface area contributed by atoms with Gasteiger partial charge in [-0.05, 0) is 29.0 Å². The van der Waals surface area contributed by atoms with E-state index >= 15 is 0 Å². The highest BCUT2D eigenvalue weighted by molar-refractivity contribution is 6.01. The molecule has 0 saturated carbocycles. The summed E-state index contributed by atoms with van der Waals surface area (Å²) in [6, 6.07) is 14.5. The van der Waals surface area contributed by atoms with Crippen LogP contribution in [0.5, 0.6) is 0 Å². The minimum Gasteiger partial charge on any atom is -0.287 e. The number of benzene rings is 2. The van der Waals surface area contributed by atoms with E-state index in [4.69, 9.17) is 0 Å². The molecule has 2 heteroatoms. The lowest BCUT2D eigenvalue weighted by Crippen LogP contribution is -2.25. The van der Waals surface area contributed by atoms with Crippen LogP contribution in [0.2, 0.25) is 0 Å². The molecule has 0 saturated heterocycles. The van der Waals surface area contributed by atoms with Gasteiger partial charge in [0.2, 0.25) is 5.91 Å². The second-order valence-electron chi connectivity index (χ2n) is 6.00. The Morgan fingerprint density at radius 2 is 1.58 bits per heavy atom. The van der Waals surface area contributed by atoms with Gasteiger partial charge < -0.3 is 0 Å². The molecule has 3 aromatic rings. The summed E-state index contributed by atoms with van der Waals surface area (Å²) in [7, 11) is 0. The van der Waals surface area contributed by atoms with Gasteiger partial charge in [0, 0.05) is 17.0 Å². The molecule has 0 atom stereocenters. The van der Waals surface area contributed by atoms with Crippen LogP contribution in [0.4, 0.5) is 0 Å². The van der Waals surface area contributed by atoms with Gasteiger partial charge in [-0.2, -0.15) is 0 Å². The SMILES string of the molecule is CC(C)(C)C(=O)n1ccc2cc3ccccc3cc21. The molecular weight excluding hydrogens is 234 g/mol. The van der Waals surface area contributed by atoms with Crippen molar-refractivity contribution in [3.8, 4) is 0 Å². The Morgan fingerprint density at radius 1 is 0.947 bits per heavy atom. The first-order valence-corrected chi connectivity index (χ1v) is 6.51. The first-order chi connectivity index (χ1) is 8.97. The molecule has 0 aliphatic carbocycles. The summed E-state index contributed by atoms with van der Waals surface area (Å²) >= 11 is 0. The van der Waals surface area contributed by atoms with Crippen molar-refractivity contribution < 1.29 is 4.79 Å². The molecule has 0 unspecified atom stereocenters. The van der Waals surface area contributed by atoms with Crippen molar-refractivity contribution in [2.45, 2.75) is 20.8 Å². The molecule has 0 radical (unpaired) electrons. The lowest BCUT2D eigenvalue weighted by Gasteiger charge is -2.17. The lowest BCUT2D eigenvalue weighted by atomic mass is 9.95. The Morgan fingerprint density at radius 3 is 2.21 bits per heavy atom. The zero-order valence-corrected chi connectivity index (χ0v) is 11.5. The number of fused-ring (bicyclic) bond motifs is 2. The van der Waals surface area contributed by atoms with Crippen molar-refractivity contribution >= 4 is 27.6 Å². The van der Waals surface area contributed by atoms with Gasteiger partial charge in [0.25, 0.3) is 0 Å². The van der Waals surface area contributed by atoms with E-state index in [1.165, 1.54) is 5.39 Å². The number of carbonyl (C=O) groups excluding carboxylic acids is 1. The molecular formula is C17H17NO. The van der Waals surface area contributed by atoms with Gasteiger partial charge in [-0.25, -0.2) is 0 Å². The highest BCUT2D eigenvalue weighted by atomic mass is 16.2. The number of hydrogen-bond donors (Lipinski definition) is 0. The summed E-state index contributed by atoms with van der Waals surface area (Å²) in [6.07, 6.45) is 1.87. The maximum Gasteiger partial charge on any atom is 0.236 e. The van der Waals surface area contributed by atoms with Crippen LogP contribution in [0, 0.1) is 5.41 Å². The summed E-state index contributed by atoms with van der Waals surface area (Å²) in [5.41, 5.74) is 0.607. The molecule has 1 heterocycles.